The zero-order chi connectivity index (χ0) is 26.7. The van der Waals surface area contributed by atoms with Crippen molar-refractivity contribution in [1.29, 1.82) is 0 Å². The van der Waals surface area contributed by atoms with Gasteiger partial charge >= 0.3 is 0 Å². The number of nitrogens with one attached hydrogen (secondary N) is 1. The number of rotatable bonds is 15. The quantitative estimate of drug-likeness (QED) is 0.299. The third kappa shape index (κ3) is 7.01. The molecular formula is C32H47N3O2. The molecule has 5 nitrogen and oxygen atoms in total. The highest BCUT2D eigenvalue weighted by Gasteiger charge is 2.54. The van der Waals surface area contributed by atoms with Gasteiger partial charge < -0.3 is 15.1 Å². The number of amides is 2. The second kappa shape index (κ2) is 14.3. The van der Waals surface area contributed by atoms with E-state index in [1.807, 2.05) is 37.1 Å². The number of hydrogen-bond donors (Lipinski definition) is 1. The summed E-state index contributed by atoms with van der Waals surface area (Å²) in [5.74, 6) is 0.0418. The van der Waals surface area contributed by atoms with Crippen LogP contribution in [0, 0.1) is 0 Å². The first-order valence-corrected chi connectivity index (χ1v) is 14.4. The van der Waals surface area contributed by atoms with Gasteiger partial charge in [-0.3, -0.25) is 9.59 Å². The number of nitrogens with zero attached hydrogens (tertiary/aromatic N) is 2. The summed E-state index contributed by atoms with van der Waals surface area (Å²) >= 11 is 0. The van der Waals surface area contributed by atoms with Gasteiger partial charge in [0.05, 0.1) is 0 Å². The van der Waals surface area contributed by atoms with Crippen LogP contribution in [-0.2, 0) is 28.1 Å². The van der Waals surface area contributed by atoms with E-state index in [1.54, 1.807) is 4.90 Å². The monoisotopic (exact) mass is 505 g/mol. The number of piperazine rings is 1. The predicted molar refractivity (Wildman–Crippen MR) is 152 cm³/mol. The Labute approximate surface area is 224 Å². The molecule has 5 heteroatoms. The first-order valence-electron chi connectivity index (χ1n) is 14.4. The Hall–Kier alpha value is -2.66. The molecule has 2 aromatic rings. The Kier molecular flexibility index (Phi) is 11.2. The number of likely N-dealkylation sites (N-methyl/N-ethyl adjacent to an activating group) is 1. The minimum atomic E-state index is -1.05. The highest BCUT2D eigenvalue weighted by molar-refractivity contribution is 6.00. The maximum absolute atomic E-state index is 14.4. The Morgan fingerprint density at radius 2 is 1.46 bits per heavy atom. The number of benzene rings is 2. The fourth-order valence-corrected chi connectivity index (χ4v) is 5.45. The van der Waals surface area contributed by atoms with E-state index in [-0.39, 0.29) is 11.8 Å². The molecule has 2 aromatic carbocycles. The summed E-state index contributed by atoms with van der Waals surface area (Å²) in [6.07, 6.45) is 9.70. The van der Waals surface area contributed by atoms with E-state index < -0.39 is 11.6 Å². The molecule has 0 unspecified atom stereocenters. The summed E-state index contributed by atoms with van der Waals surface area (Å²) in [4.78, 5) is 31.6. The van der Waals surface area contributed by atoms with Crippen LogP contribution in [0.15, 0.2) is 54.6 Å². The van der Waals surface area contributed by atoms with Crippen LogP contribution in [0.3, 0.4) is 0 Å². The molecule has 1 fully saturated rings. The molecule has 0 spiro atoms. The van der Waals surface area contributed by atoms with Gasteiger partial charge in [-0.15, -0.1) is 0 Å². The molecule has 0 aliphatic carbocycles. The molecule has 1 aliphatic rings. The van der Waals surface area contributed by atoms with Gasteiger partial charge in [-0.2, -0.15) is 0 Å². The van der Waals surface area contributed by atoms with Crippen LogP contribution in [0.2, 0.25) is 0 Å². The molecule has 0 aromatic heterocycles. The van der Waals surface area contributed by atoms with Gasteiger partial charge in [-0.05, 0) is 43.0 Å². The third-order valence-electron chi connectivity index (χ3n) is 7.87. The van der Waals surface area contributed by atoms with Crippen molar-refractivity contribution in [3.63, 3.8) is 0 Å². The third-order valence-corrected chi connectivity index (χ3v) is 7.87. The lowest BCUT2D eigenvalue weighted by Crippen LogP contribution is -2.69. The van der Waals surface area contributed by atoms with E-state index in [0.717, 1.165) is 43.5 Å². The second-order valence-electron chi connectivity index (χ2n) is 10.6. The van der Waals surface area contributed by atoms with Crippen molar-refractivity contribution in [3.8, 4) is 0 Å². The summed E-state index contributed by atoms with van der Waals surface area (Å²) < 4.78 is 0. The highest BCUT2D eigenvalue weighted by Crippen LogP contribution is 2.39. The number of carbonyl (C=O) groups excluding carboxylic acids is 2. The molecule has 3 rings (SSSR count). The average Bonchev–Trinajstić information content (AvgIpc) is 2.92. The van der Waals surface area contributed by atoms with Crippen LogP contribution in [0.1, 0.15) is 88.8 Å². The summed E-state index contributed by atoms with van der Waals surface area (Å²) in [5, 5.41) is 3.49. The maximum Gasteiger partial charge on any atom is 0.254 e. The van der Waals surface area contributed by atoms with Crippen molar-refractivity contribution >= 4 is 11.8 Å². The largest absolute Gasteiger partial charge is 0.329 e. The molecule has 0 radical (unpaired) electrons. The molecule has 1 N–H and O–H groups in total. The average molecular weight is 506 g/mol. The maximum atomic E-state index is 14.4. The van der Waals surface area contributed by atoms with Gasteiger partial charge in [0, 0.05) is 26.6 Å². The molecule has 0 saturated carbocycles. The normalized spacial score (nSPS) is 20.1. The highest BCUT2D eigenvalue weighted by atomic mass is 16.2. The van der Waals surface area contributed by atoms with Gasteiger partial charge in [-0.25, -0.2) is 0 Å². The van der Waals surface area contributed by atoms with E-state index in [4.69, 9.17) is 0 Å². The second-order valence-corrected chi connectivity index (χ2v) is 10.6. The molecule has 0 bridgehead atoms. The molecule has 2 amide bonds. The molecular weight excluding hydrogens is 458 g/mol. The fourth-order valence-electron chi connectivity index (χ4n) is 5.45. The van der Waals surface area contributed by atoms with Crippen LogP contribution in [0.25, 0.3) is 0 Å². The van der Waals surface area contributed by atoms with Gasteiger partial charge in [0.25, 0.3) is 5.91 Å². The molecule has 202 valence electrons. The van der Waals surface area contributed by atoms with E-state index in [1.165, 1.54) is 37.7 Å². The fraction of sp³-hybridized carbons (Fsp3) is 0.562. The lowest BCUT2D eigenvalue weighted by molar-refractivity contribution is -0.169. The van der Waals surface area contributed by atoms with Crippen molar-refractivity contribution in [2.75, 3.05) is 20.1 Å². The predicted octanol–water partition coefficient (Wildman–Crippen LogP) is 6.06. The zero-order valence-electron chi connectivity index (χ0n) is 23.5. The van der Waals surface area contributed by atoms with Gasteiger partial charge in [0.15, 0.2) is 5.54 Å². The van der Waals surface area contributed by atoms with Crippen LogP contribution >= 0.6 is 0 Å². The first kappa shape index (κ1) is 28.9. The lowest BCUT2D eigenvalue weighted by Gasteiger charge is -2.51. The summed E-state index contributed by atoms with van der Waals surface area (Å²) in [6.45, 7) is 8.72. The van der Waals surface area contributed by atoms with E-state index in [0.29, 0.717) is 13.0 Å². The first-order chi connectivity index (χ1) is 18.0. The van der Waals surface area contributed by atoms with E-state index in [2.05, 4.69) is 55.6 Å². The van der Waals surface area contributed by atoms with Crippen LogP contribution < -0.4 is 5.32 Å². The molecule has 1 heterocycles. The summed E-state index contributed by atoms with van der Waals surface area (Å²) in [7, 11) is 1.81. The van der Waals surface area contributed by atoms with Gasteiger partial charge in [0.1, 0.15) is 6.04 Å². The number of hydrogen-bond acceptors (Lipinski definition) is 3. The molecule has 1 saturated heterocycles. The SMILES string of the molecule is CCCCCCCCN1C(=O)[C@@](Cc2ccccc2)(c2ccc(CNCCCC)cc2)N(C)C(=O)[C@H]1C. The Balaban J connectivity index is 1.90. The van der Waals surface area contributed by atoms with Crippen molar-refractivity contribution in [1.82, 2.24) is 15.1 Å². The smallest absolute Gasteiger partial charge is 0.254 e. The van der Waals surface area contributed by atoms with Gasteiger partial charge in [0.2, 0.25) is 5.91 Å². The molecule has 2 atom stereocenters. The standard InChI is InChI=1S/C32H47N3O2/c1-5-7-9-10-11-15-23-35-26(3)30(36)34(4)32(31(35)37,24-27-16-13-12-14-17-27)29-20-18-28(19-21-29)25-33-22-8-6-2/h12-14,16-21,26,33H,5-11,15,22-25H2,1-4H3/t26-,32-/m1/s1. The van der Waals surface area contributed by atoms with Crippen molar-refractivity contribution in [3.05, 3.63) is 71.3 Å². The summed E-state index contributed by atoms with van der Waals surface area (Å²) in [6, 6.07) is 18.0. The van der Waals surface area contributed by atoms with Crippen molar-refractivity contribution in [2.24, 2.45) is 0 Å². The Morgan fingerprint density at radius 1 is 0.811 bits per heavy atom. The van der Waals surface area contributed by atoms with Crippen LogP contribution in [-0.4, -0.2) is 47.8 Å². The van der Waals surface area contributed by atoms with Crippen molar-refractivity contribution in [2.45, 2.75) is 96.7 Å². The zero-order valence-corrected chi connectivity index (χ0v) is 23.5. The Morgan fingerprint density at radius 3 is 2.14 bits per heavy atom. The lowest BCUT2D eigenvalue weighted by atomic mass is 9.78. The number of unbranched alkanes of at least 4 members (excludes halogenated alkanes) is 6. The summed E-state index contributed by atoms with van der Waals surface area (Å²) in [5.41, 5.74) is 2.06. The van der Waals surface area contributed by atoms with E-state index >= 15 is 0 Å². The minimum Gasteiger partial charge on any atom is -0.329 e. The molecule has 1 aliphatic heterocycles. The minimum absolute atomic E-state index is 0.00632. The topological polar surface area (TPSA) is 52.7 Å². The van der Waals surface area contributed by atoms with Crippen molar-refractivity contribution < 1.29 is 9.59 Å². The van der Waals surface area contributed by atoms with Crippen LogP contribution in [0.4, 0.5) is 0 Å². The number of carbonyl (C=O) groups is 2. The molecule has 37 heavy (non-hydrogen) atoms. The Bertz CT molecular complexity index is 975. The van der Waals surface area contributed by atoms with Gasteiger partial charge in [-0.1, -0.05) is 107 Å². The van der Waals surface area contributed by atoms with E-state index in [9.17, 15) is 9.59 Å². The van der Waals surface area contributed by atoms with Crippen LogP contribution in [0.5, 0.6) is 0 Å².